The van der Waals surface area contributed by atoms with Crippen molar-refractivity contribution in [3.63, 3.8) is 0 Å². The van der Waals surface area contributed by atoms with Crippen LogP contribution in [0.15, 0.2) is 12.2 Å². The number of ether oxygens (including phenoxy) is 1. The Morgan fingerprint density at radius 2 is 1.53 bits per heavy atom. The van der Waals surface area contributed by atoms with E-state index in [-0.39, 0.29) is 5.97 Å². The average Bonchev–Trinajstić information content (AvgIpc) is 2.24. The number of hydrogen-bond acceptors (Lipinski definition) is 2. The van der Waals surface area contributed by atoms with E-state index in [0.717, 1.165) is 19.3 Å². The maximum absolute atomic E-state index is 11.2. The lowest BCUT2D eigenvalue weighted by Crippen LogP contribution is -2.05. The van der Waals surface area contributed by atoms with Crippen LogP contribution in [0, 0.1) is 0 Å². The van der Waals surface area contributed by atoms with Crippen LogP contribution in [0.1, 0.15) is 57.8 Å². The van der Waals surface area contributed by atoms with Gasteiger partial charge in [-0.3, -0.25) is 4.79 Å². The first kappa shape index (κ1) is 12.3. The van der Waals surface area contributed by atoms with Crippen molar-refractivity contribution in [3.05, 3.63) is 12.2 Å². The van der Waals surface area contributed by atoms with Gasteiger partial charge in [-0.05, 0) is 32.1 Å². The molecule has 0 saturated heterocycles. The van der Waals surface area contributed by atoms with Crippen LogP contribution in [0.25, 0.3) is 0 Å². The van der Waals surface area contributed by atoms with Crippen molar-refractivity contribution in [2.24, 2.45) is 0 Å². The first-order valence-corrected chi connectivity index (χ1v) is 6.20. The van der Waals surface area contributed by atoms with Crippen molar-refractivity contribution in [2.45, 2.75) is 57.8 Å². The van der Waals surface area contributed by atoms with Crippen LogP contribution < -0.4 is 0 Å². The third-order valence-electron chi connectivity index (χ3n) is 2.70. The third kappa shape index (κ3) is 7.18. The van der Waals surface area contributed by atoms with Crippen LogP contribution in [-0.4, -0.2) is 12.6 Å². The monoisotopic (exact) mass is 210 g/mol. The second-order valence-electron chi connectivity index (χ2n) is 4.14. The van der Waals surface area contributed by atoms with Gasteiger partial charge in [0.1, 0.15) is 0 Å². The molecule has 0 N–H and O–H groups in total. The summed E-state index contributed by atoms with van der Waals surface area (Å²) >= 11 is 0. The highest BCUT2D eigenvalue weighted by Gasteiger charge is 2.02. The van der Waals surface area contributed by atoms with E-state index < -0.39 is 0 Å². The summed E-state index contributed by atoms with van der Waals surface area (Å²) in [6.45, 7) is 0.586. The maximum Gasteiger partial charge on any atom is 0.305 e. The lowest BCUT2D eigenvalue weighted by molar-refractivity contribution is -0.143. The van der Waals surface area contributed by atoms with Crippen molar-refractivity contribution in [1.29, 1.82) is 0 Å². The first-order valence-electron chi connectivity index (χ1n) is 6.20. The van der Waals surface area contributed by atoms with E-state index in [2.05, 4.69) is 12.2 Å². The summed E-state index contributed by atoms with van der Waals surface area (Å²) in [5.41, 5.74) is 0. The largest absolute Gasteiger partial charge is 0.466 e. The fraction of sp³-hybridized carbons (Fsp3) is 0.769. The van der Waals surface area contributed by atoms with E-state index in [0.29, 0.717) is 13.0 Å². The van der Waals surface area contributed by atoms with Gasteiger partial charge in [0.25, 0.3) is 0 Å². The van der Waals surface area contributed by atoms with Gasteiger partial charge in [0.05, 0.1) is 6.61 Å². The molecule has 1 aliphatic rings. The van der Waals surface area contributed by atoms with E-state index >= 15 is 0 Å². The molecule has 0 atom stereocenters. The molecule has 1 aliphatic heterocycles. The van der Waals surface area contributed by atoms with E-state index in [1.54, 1.807) is 0 Å². The average molecular weight is 210 g/mol. The van der Waals surface area contributed by atoms with Crippen LogP contribution in [0.4, 0.5) is 0 Å². The molecule has 15 heavy (non-hydrogen) atoms. The summed E-state index contributed by atoms with van der Waals surface area (Å²) < 4.78 is 5.11. The zero-order chi connectivity index (χ0) is 10.8. The van der Waals surface area contributed by atoms with Crippen LogP contribution in [-0.2, 0) is 9.53 Å². The highest BCUT2D eigenvalue weighted by atomic mass is 16.5. The Labute approximate surface area is 92.7 Å². The highest BCUT2D eigenvalue weighted by Crippen LogP contribution is 2.09. The molecule has 0 aromatic heterocycles. The van der Waals surface area contributed by atoms with Gasteiger partial charge in [-0.25, -0.2) is 0 Å². The van der Waals surface area contributed by atoms with Crippen LogP contribution in [0.2, 0.25) is 0 Å². The van der Waals surface area contributed by atoms with Gasteiger partial charge in [0.15, 0.2) is 0 Å². The second-order valence-corrected chi connectivity index (χ2v) is 4.14. The third-order valence-corrected chi connectivity index (χ3v) is 2.70. The number of rotatable bonds is 0. The lowest BCUT2D eigenvalue weighted by atomic mass is 10.1. The number of carbonyl (C=O) groups is 1. The Morgan fingerprint density at radius 3 is 2.40 bits per heavy atom. The molecular weight excluding hydrogens is 188 g/mol. The Morgan fingerprint density at radius 1 is 0.867 bits per heavy atom. The first-order chi connectivity index (χ1) is 7.39. The molecule has 1 rings (SSSR count). The topological polar surface area (TPSA) is 26.3 Å². The van der Waals surface area contributed by atoms with Crippen molar-refractivity contribution >= 4 is 5.97 Å². The minimum atomic E-state index is -0.0176. The van der Waals surface area contributed by atoms with Crippen LogP contribution in [0.3, 0.4) is 0 Å². The molecule has 2 nitrogen and oxygen atoms in total. The Hall–Kier alpha value is -0.790. The predicted molar refractivity (Wildman–Crippen MR) is 61.7 cm³/mol. The Bertz CT molecular complexity index is 197. The van der Waals surface area contributed by atoms with Crippen LogP contribution >= 0.6 is 0 Å². The molecule has 0 spiro atoms. The van der Waals surface area contributed by atoms with Crippen LogP contribution in [0.5, 0.6) is 0 Å². The van der Waals surface area contributed by atoms with Gasteiger partial charge < -0.3 is 4.74 Å². The summed E-state index contributed by atoms with van der Waals surface area (Å²) in [7, 11) is 0. The zero-order valence-corrected chi connectivity index (χ0v) is 9.54. The van der Waals surface area contributed by atoms with E-state index in [1.807, 2.05) is 0 Å². The smallest absolute Gasteiger partial charge is 0.305 e. The molecule has 2 heteroatoms. The molecule has 0 aliphatic carbocycles. The van der Waals surface area contributed by atoms with Gasteiger partial charge >= 0.3 is 5.97 Å². The normalized spacial score (nSPS) is 23.9. The molecule has 1 heterocycles. The fourth-order valence-corrected chi connectivity index (χ4v) is 1.76. The fourth-order valence-electron chi connectivity index (χ4n) is 1.76. The molecule has 0 aromatic rings. The second kappa shape index (κ2) is 8.51. The summed E-state index contributed by atoms with van der Waals surface area (Å²) in [5.74, 6) is -0.0176. The summed E-state index contributed by atoms with van der Waals surface area (Å²) in [6, 6.07) is 0. The molecule has 0 unspecified atom stereocenters. The van der Waals surface area contributed by atoms with E-state index in [4.69, 9.17) is 4.74 Å². The molecular formula is C13H22O2. The van der Waals surface area contributed by atoms with E-state index in [9.17, 15) is 4.79 Å². The molecule has 0 bridgehead atoms. The number of cyclic esters (lactones) is 1. The van der Waals surface area contributed by atoms with E-state index in [1.165, 1.54) is 32.1 Å². The van der Waals surface area contributed by atoms with Gasteiger partial charge in [0, 0.05) is 6.42 Å². The van der Waals surface area contributed by atoms with Crippen molar-refractivity contribution < 1.29 is 9.53 Å². The van der Waals surface area contributed by atoms with Crippen molar-refractivity contribution in [3.8, 4) is 0 Å². The predicted octanol–water partition coefficient (Wildman–Crippen LogP) is 3.61. The molecule has 0 radical (unpaired) electrons. The number of esters is 1. The molecule has 0 saturated carbocycles. The quantitative estimate of drug-likeness (QED) is 0.451. The van der Waals surface area contributed by atoms with Gasteiger partial charge in [0.2, 0.25) is 0 Å². The maximum atomic E-state index is 11.2. The minimum Gasteiger partial charge on any atom is -0.466 e. The van der Waals surface area contributed by atoms with Gasteiger partial charge in [-0.15, -0.1) is 0 Å². The Balaban J connectivity index is 2.21. The summed E-state index contributed by atoms with van der Waals surface area (Å²) in [6.07, 6.45) is 14.3. The zero-order valence-electron chi connectivity index (χ0n) is 9.54. The van der Waals surface area contributed by atoms with Crippen molar-refractivity contribution in [2.75, 3.05) is 6.61 Å². The summed E-state index contributed by atoms with van der Waals surface area (Å²) in [5, 5.41) is 0. The molecule has 0 amide bonds. The minimum absolute atomic E-state index is 0.0176. The van der Waals surface area contributed by atoms with Gasteiger partial charge in [-0.1, -0.05) is 31.4 Å². The summed E-state index contributed by atoms with van der Waals surface area (Å²) in [4.78, 5) is 11.2. The SMILES string of the molecule is O=C1CCCCCCC/C=C/CCCO1. The lowest BCUT2D eigenvalue weighted by Gasteiger charge is -2.04. The molecule has 0 fully saturated rings. The molecule has 86 valence electrons. The number of carbonyl (C=O) groups excluding carboxylic acids is 1. The standard InChI is InChI=1S/C13H22O2/c14-13-11-9-7-5-3-1-2-4-6-8-10-12-15-13/h4,6H,1-3,5,7-12H2/b6-4+. The van der Waals surface area contributed by atoms with Gasteiger partial charge in [-0.2, -0.15) is 0 Å². The highest BCUT2D eigenvalue weighted by molar-refractivity contribution is 5.69. The molecule has 0 aromatic carbocycles. The number of hydrogen-bond donors (Lipinski definition) is 0. The van der Waals surface area contributed by atoms with Crippen molar-refractivity contribution in [1.82, 2.24) is 0 Å². The Kier molecular flexibility index (Phi) is 6.97. The number of allylic oxidation sites excluding steroid dienone is 2.